The molecule has 0 aromatic rings. The van der Waals surface area contributed by atoms with Gasteiger partial charge in [0.05, 0.1) is 6.10 Å². The topological polar surface area (TPSA) is 49.3 Å². The molecule has 2 aliphatic carbocycles. The van der Waals surface area contributed by atoms with E-state index in [0.717, 1.165) is 45.1 Å². The molecule has 110 valence electrons. The zero-order valence-electron chi connectivity index (χ0n) is 12.5. The van der Waals surface area contributed by atoms with Crippen molar-refractivity contribution in [3.8, 4) is 0 Å². The molecule has 0 bridgehead atoms. The molecular weight excluding hydrogens is 238 g/mol. The molecule has 0 aliphatic heterocycles. The predicted octanol–water partition coefficient (Wildman–Crippen LogP) is 2.87. The van der Waals surface area contributed by atoms with Crippen LogP contribution in [0.1, 0.15) is 65.2 Å². The third-order valence-electron chi connectivity index (χ3n) is 5.14. The summed E-state index contributed by atoms with van der Waals surface area (Å²) >= 11 is 0. The standard InChI is InChI=1S/C16H29NO2/c1-16(2)9-4-3-8-14(16)15(19)17-11-12-6-5-7-13(18)10-12/h12-14,18H,3-11H2,1-2H3,(H,17,19). The summed E-state index contributed by atoms with van der Waals surface area (Å²) in [5, 5.41) is 12.8. The zero-order chi connectivity index (χ0) is 13.9. The van der Waals surface area contributed by atoms with Crippen LogP contribution >= 0.6 is 0 Å². The van der Waals surface area contributed by atoms with E-state index in [1.807, 2.05) is 0 Å². The zero-order valence-corrected chi connectivity index (χ0v) is 12.5. The van der Waals surface area contributed by atoms with Crippen molar-refractivity contribution in [1.29, 1.82) is 0 Å². The van der Waals surface area contributed by atoms with Crippen molar-refractivity contribution in [3.63, 3.8) is 0 Å². The van der Waals surface area contributed by atoms with E-state index in [1.165, 1.54) is 12.8 Å². The molecule has 3 atom stereocenters. The second kappa shape index (κ2) is 6.25. The molecule has 1 amide bonds. The van der Waals surface area contributed by atoms with Crippen molar-refractivity contribution in [2.75, 3.05) is 6.54 Å². The molecule has 0 heterocycles. The molecule has 19 heavy (non-hydrogen) atoms. The largest absolute Gasteiger partial charge is 0.393 e. The minimum Gasteiger partial charge on any atom is -0.393 e. The highest BCUT2D eigenvalue weighted by atomic mass is 16.3. The van der Waals surface area contributed by atoms with Gasteiger partial charge in [0.25, 0.3) is 0 Å². The molecule has 2 rings (SSSR count). The average Bonchev–Trinajstić information content (AvgIpc) is 2.35. The lowest BCUT2D eigenvalue weighted by Gasteiger charge is -2.38. The summed E-state index contributed by atoms with van der Waals surface area (Å²) in [6, 6.07) is 0. The minimum absolute atomic E-state index is 0.147. The molecule has 3 unspecified atom stereocenters. The maximum Gasteiger partial charge on any atom is 0.223 e. The third-order valence-corrected chi connectivity index (χ3v) is 5.14. The Bertz CT molecular complexity index is 314. The van der Waals surface area contributed by atoms with Gasteiger partial charge in [-0.1, -0.05) is 33.1 Å². The highest BCUT2D eigenvalue weighted by molar-refractivity contribution is 5.79. The second-order valence-corrected chi connectivity index (χ2v) is 7.22. The summed E-state index contributed by atoms with van der Waals surface area (Å²) in [5.41, 5.74) is 0.147. The Labute approximate surface area is 117 Å². The molecule has 0 aromatic carbocycles. The Hall–Kier alpha value is -0.570. The van der Waals surface area contributed by atoms with Crippen LogP contribution < -0.4 is 5.32 Å². The maximum atomic E-state index is 12.4. The van der Waals surface area contributed by atoms with E-state index >= 15 is 0 Å². The van der Waals surface area contributed by atoms with Crippen LogP contribution in [0.3, 0.4) is 0 Å². The van der Waals surface area contributed by atoms with Crippen LogP contribution in [-0.4, -0.2) is 23.7 Å². The highest BCUT2D eigenvalue weighted by Crippen LogP contribution is 2.40. The van der Waals surface area contributed by atoms with E-state index in [4.69, 9.17) is 0 Å². The molecule has 2 aliphatic rings. The molecule has 2 fully saturated rings. The second-order valence-electron chi connectivity index (χ2n) is 7.22. The Morgan fingerprint density at radius 3 is 2.68 bits per heavy atom. The van der Waals surface area contributed by atoms with Crippen molar-refractivity contribution in [2.45, 2.75) is 71.3 Å². The number of carbonyl (C=O) groups excluding carboxylic acids is 1. The van der Waals surface area contributed by atoms with Crippen LogP contribution in [0.2, 0.25) is 0 Å². The number of aliphatic hydroxyl groups is 1. The lowest BCUT2D eigenvalue weighted by molar-refractivity contribution is -0.130. The van der Waals surface area contributed by atoms with Crippen molar-refractivity contribution in [2.24, 2.45) is 17.3 Å². The number of carbonyl (C=O) groups is 1. The van der Waals surface area contributed by atoms with Gasteiger partial charge in [-0.2, -0.15) is 0 Å². The Morgan fingerprint density at radius 2 is 2.00 bits per heavy atom. The summed E-state index contributed by atoms with van der Waals surface area (Å²) in [6.07, 6.45) is 8.51. The molecule has 0 radical (unpaired) electrons. The molecule has 2 N–H and O–H groups in total. The van der Waals surface area contributed by atoms with Gasteiger partial charge >= 0.3 is 0 Å². The van der Waals surface area contributed by atoms with Crippen molar-refractivity contribution in [1.82, 2.24) is 5.32 Å². The van der Waals surface area contributed by atoms with Gasteiger partial charge in [0.1, 0.15) is 0 Å². The first-order chi connectivity index (χ1) is 8.99. The van der Waals surface area contributed by atoms with Crippen LogP contribution in [-0.2, 0) is 4.79 Å². The summed E-state index contributed by atoms with van der Waals surface area (Å²) in [4.78, 5) is 12.4. The van der Waals surface area contributed by atoms with Gasteiger partial charge in [-0.25, -0.2) is 0 Å². The number of nitrogens with one attached hydrogen (secondary N) is 1. The van der Waals surface area contributed by atoms with Gasteiger partial charge < -0.3 is 10.4 Å². The first kappa shape index (κ1) is 14.8. The van der Waals surface area contributed by atoms with Crippen LogP contribution in [0.25, 0.3) is 0 Å². The molecule has 3 heteroatoms. The van der Waals surface area contributed by atoms with Crippen molar-refractivity contribution in [3.05, 3.63) is 0 Å². The molecule has 2 saturated carbocycles. The molecular formula is C16H29NO2. The van der Waals surface area contributed by atoms with Crippen LogP contribution in [0.4, 0.5) is 0 Å². The van der Waals surface area contributed by atoms with Crippen molar-refractivity contribution >= 4 is 5.91 Å². The van der Waals surface area contributed by atoms with Crippen molar-refractivity contribution < 1.29 is 9.90 Å². The van der Waals surface area contributed by atoms with Gasteiger partial charge in [-0.3, -0.25) is 4.79 Å². The maximum absolute atomic E-state index is 12.4. The lowest BCUT2D eigenvalue weighted by Crippen LogP contribution is -2.43. The predicted molar refractivity (Wildman–Crippen MR) is 76.7 cm³/mol. The third kappa shape index (κ3) is 3.95. The van der Waals surface area contributed by atoms with Crippen LogP contribution in [0.5, 0.6) is 0 Å². The van der Waals surface area contributed by atoms with Crippen LogP contribution in [0, 0.1) is 17.3 Å². The average molecular weight is 267 g/mol. The van der Waals surface area contributed by atoms with E-state index in [-0.39, 0.29) is 23.3 Å². The summed E-state index contributed by atoms with van der Waals surface area (Å²) < 4.78 is 0. The molecule has 0 saturated heterocycles. The van der Waals surface area contributed by atoms with Gasteiger partial charge in [0.15, 0.2) is 0 Å². The summed E-state index contributed by atoms with van der Waals surface area (Å²) in [7, 11) is 0. The number of aliphatic hydroxyl groups excluding tert-OH is 1. The van der Waals surface area contributed by atoms with E-state index in [9.17, 15) is 9.90 Å². The molecule has 0 aromatic heterocycles. The number of hydrogen-bond donors (Lipinski definition) is 2. The van der Waals surface area contributed by atoms with Gasteiger partial charge in [-0.15, -0.1) is 0 Å². The normalized spacial score (nSPS) is 34.8. The van der Waals surface area contributed by atoms with E-state index in [2.05, 4.69) is 19.2 Å². The van der Waals surface area contributed by atoms with Crippen LogP contribution in [0.15, 0.2) is 0 Å². The first-order valence-electron chi connectivity index (χ1n) is 7.95. The smallest absolute Gasteiger partial charge is 0.223 e. The fraction of sp³-hybridized carbons (Fsp3) is 0.938. The quantitative estimate of drug-likeness (QED) is 0.826. The lowest BCUT2D eigenvalue weighted by atomic mass is 9.68. The fourth-order valence-corrected chi connectivity index (χ4v) is 3.80. The first-order valence-corrected chi connectivity index (χ1v) is 7.95. The van der Waals surface area contributed by atoms with E-state index in [1.54, 1.807) is 0 Å². The summed E-state index contributed by atoms with van der Waals surface area (Å²) in [6.45, 7) is 5.20. The Balaban J connectivity index is 1.80. The molecule has 3 nitrogen and oxygen atoms in total. The number of hydrogen-bond acceptors (Lipinski definition) is 2. The Morgan fingerprint density at radius 1 is 1.21 bits per heavy atom. The van der Waals surface area contributed by atoms with Gasteiger partial charge in [0, 0.05) is 12.5 Å². The SMILES string of the molecule is CC1(C)CCCCC1C(=O)NCC1CCCC(O)C1. The molecule has 0 spiro atoms. The number of rotatable bonds is 3. The van der Waals surface area contributed by atoms with Gasteiger partial charge in [0.2, 0.25) is 5.91 Å². The number of amides is 1. The summed E-state index contributed by atoms with van der Waals surface area (Å²) in [5.74, 6) is 0.888. The van der Waals surface area contributed by atoms with Gasteiger partial charge in [-0.05, 0) is 43.4 Å². The van der Waals surface area contributed by atoms with E-state index < -0.39 is 0 Å². The monoisotopic (exact) mass is 267 g/mol. The minimum atomic E-state index is -0.151. The Kier molecular flexibility index (Phi) is 4.88. The van der Waals surface area contributed by atoms with E-state index in [0.29, 0.717) is 5.92 Å². The highest BCUT2D eigenvalue weighted by Gasteiger charge is 2.37. The fourth-order valence-electron chi connectivity index (χ4n) is 3.80.